The molecule has 4 rings (SSSR count). The molecule has 28 heavy (non-hydrogen) atoms. The van der Waals surface area contributed by atoms with Gasteiger partial charge in [0.05, 0.1) is 12.7 Å². The molecule has 0 aromatic heterocycles. The second-order valence-corrected chi connectivity index (χ2v) is 7.46. The third-order valence-corrected chi connectivity index (χ3v) is 4.87. The van der Waals surface area contributed by atoms with Crippen LogP contribution in [-0.2, 0) is 9.47 Å². The van der Waals surface area contributed by atoms with E-state index in [1.165, 1.54) is 0 Å². The van der Waals surface area contributed by atoms with Gasteiger partial charge in [0, 0.05) is 6.42 Å². The fourth-order valence-electron chi connectivity index (χ4n) is 3.50. The zero-order valence-corrected chi connectivity index (χ0v) is 16.3. The fourth-order valence-corrected chi connectivity index (χ4v) is 3.50. The zero-order chi connectivity index (χ0) is 19.5. The van der Waals surface area contributed by atoms with Crippen molar-refractivity contribution in [2.45, 2.75) is 57.7 Å². The lowest BCUT2D eigenvalue weighted by molar-refractivity contribution is -0.106. The lowest BCUT2D eigenvalue weighted by Gasteiger charge is -2.25. The molecule has 2 aromatic carbocycles. The lowest BCUT2D eigenvalue weighted by Crippen LogP contribution is -2.26. The van der Waals surface area contributed by atoms with E-state index in [0.717, 1.165) is 24.8 Å². The van der Waals surface area contributed by atoms with Gasteiger partial charge in [-0.3, -0.25) is 4.79 Å². The van der Waals surface area contributed by atoms with Gasteiger partial charge in [-0.2, -0.15) is 0 Å². The number of hydrogen-bond acceptors (Lipinski definition) is 5. The van der Waals surface area contributed by atoms with Crippen molar-refractivity contribution in [3.8, 4) is 11.5 Å². The molecular weight excluding hydrogens is 356 g/mol. The van der Waals surface area contributed by atoms with Gasteiger partial charge in [0.2, 0.25) is 5.78 Å². The summed E-state index contributed by atoms with van der Waals surface area (Å²) in [5.74, 6) is 0.906. The Labute approximate surface area is 165 Å². The first kappa shape index (κ1) is 19.0. The number of rotatable bonds is 7. The Kier molecular flexibility index (Phi) is 5.64. The van der Waals surface area contributed by atoms with Gasteiger partial charge in [0.1, 0.15) is 23.2 Å². The molecule has 3 atom stereocenters. The van der Waals surface area contributed by atoms with E-state index in [4.69, 9.17) is 18.9 Å². The predicted octanol–water partition coefficient (Wildman–Crippen LogP) is 4.70. The standard InChI is InChI=1S/C23H26O5/c1-15(2)26-17-11-8-12-18(27-19-13-6-7-14-25-19)20(17)21(24)23-22(28-23)16-9-4-3-5-10-16/h3-5,8-12,15,19,22-23H,6-7,13-14H2,1-2H3/t19?,22-,23-/m1/s1. The molecule has 2 fully saturated rings. The highest BCUT2D eigenvalue weighted by Gasteiger charge is 2.48. The molecule has 2 aliphatic rings. The maximum atomic E-state index is 13.3. The maximum absolute atomic E-state index is 13.3. The molecule has 2 aromatic rings. The molecule has 0 N–H and O–H groups in total. The molecular formula is C23H26O5. The molecule has 0 spiro atoms. The van der Waals surface area contributed by atoms with Crippen molar-refractivity contribution in [2.75, 3.05) is 6.61 Å². The Balaban J connectivity index is 1.60. The first-order valence-corrected chi connectivity index (χ1v) is 9.96. The summed E-state index contributed by atoms with van der Waals surface area (Å²) >= 11 is 0. The van der Waals surface area contributed by atoms with Crippen LogP contribution < -0.4 is 9.47 Å². The summed E-state index contributed by atoms with van der Waals surface area (Å²) < 4.78 is 23.4. The number of benzene rings is 2. The minimum Gasteiger partial charge on any atom is -0.490 e. The Morgan fingerprint density at radius 3 is 2.54 bits per heavy atom. The lowest BCUT2D eigenvalue weighted by atomic mass is 10.0. The summed E-state index contributed by atoms with van der Waals surface area (Å²) in [7, 11) is 0. The van der Waals surface area contributed by atoms with Gasteiger partial charge in [-0.05, 0) is 44.4 Å². The van der Waals surface area contributed by atoms with Gasteiger partial charge < -0.3 is 18.9 Å². The molecule has 2 heterocycles. The Bertz CT molecular complexity index is 811. The van der Waals surface area contributed by atoms with E-state index in [2.05, 4.69) is 0 Å². The average molecular weight is 382 g/mol. The molecule has 0 saturated carbocycles. The molecule has 1 unspecified atom stereocenters. The second kappa shape index (κ2) is 8.33. The molecule has 0 aliphatic carbocycles. The topological polar surface area (TPSA) is 57.3 Å². The van der Waals surface area contributed by atoms with E-state index < -0.39 is 6.10 Å². The van der Waals surface area contributed by atoms with E-state index in [0.29, 0.717) is 23.7 Å². The Hall–Kier alpha value is -2.37. The van der Waals surface area contributed by atoms with Gasteiger partial charge in [-0.25, -0.2) is 0 Å². The summed E-state index contributed by atoms with van der Waals surface area (Å²) in [6, 6.07) is 15.2. The number of Topliss-reactive ketones (excluding diaryl/α,β-unsaturated/α-hetero) is 1. The molecule has 5 heteroatoms. The van der Waals surface area contributed by atoms with Gasteiger partial charge in [-0.1, -0.05) is 36.4 Å². The van der Waals surface area contributed by atoms with Crippen LogP contribution in [-0.4, -0.2) is 30.9 Å². The summed E-state index contributed by atoms with van der Waals surface area (Å²) in [5.41, 5.74) is 1.44. The second-order valence-electron chi connectivity index (χ2n) is 7.46. The summed E-state index contributed by atoms with van der Waals surface area (Å²) in [5, 5.41) is 0. The number of ether oxygens (including phenoxy) is 4. The van der Waals surface area contributed by atoms with Crippen LogP contribution in [0.1, 0.15) is 55.1 Å². The van der Waals surface area contributed by atoms with Crippen molar-refractivity contribution < 1.29 is 23.7 Å². The highest BCUT2D eigenvalue weighted by molar-refractivity contribution is 6.06. The van der Waals surface area contributed by atoms with E-state index in [1.807, 2.05) is 56.3 Å². The maximum Gasteiger partial charge on any atom is 0.202 e. The van der Waals surface area contributed by atoms with Crippen molar-refractivity contribution in [2.24, 2.45) is 0 Å². The highest BCUT2D eigenvalue weighted by atomic mass is 16.7. The predicted molar refractivity (Wildman–Crippen MR) is 105 cm³/mol. The van der Waals surface area contributed by atoms with Gasteiger partial charge in [0.15, 0.2) is 12.4 Å². The number of carbonyl (C=O) groups is 1. The van der Waals surface area contributed by atoms with E-state index >= 15 is 0 Å². The minimum atomic E-state index is -0.520. The average Bonchev–Trinajstić information content (AvgIpc) is 3.50. The zero-order valence-electron chi connectivity index (χ0n) is 16.3. The van der Waals surface area contributed by atoms with E-state index in [1.54, 1.807) is 6.07 Å². The van der Waals surface area contributed by atoms with Crippen LogP contribution in [0.2, 0.25) is 0 Å². The fraction of sp³-hybridized carbons (Fsp3) is 0.435. The van der Waals surface area contributed by atoms with Crippen LogP contribution >= 0.6 is 0 Å². The third kappa shape index (κ3) is 4.21. The summed E-state index contributed by atoms with van der Waals surface area (Å²) in [4.78, 5) is 13.3. The van der Waals surface area contributed by atoms with Crippen molar-refractivity contribution in [3.05, 3.63) is 59.7 Å². The number of carbonyl (C=O) groups excluding carboxylic acids is 1. The number of ketones is 1. The summed E-state index contributed by atoms with van der Waals surface area (Å²) in [6.45, 7) is 4.55. The monoisotopic (exact) mass is 382 g/mol. The normalized spacial score (nSPS) is 24.0. The molecule has 148 valence electrons. The van der Waals surface area contributed by atoms with Gasteiger partial charge >= 0.3 is 0 Å². The quantitative estimate of drug-likeness (QED) is 0.513. The Morgan fingerprint density at radius 2 is 1.82 bits per heavy atom. The molecule has 0 radical (unpaired) electrons. The van der Waals surface area contributed by atoms with Crippen LogP contribution in [0, 0.1) is 0 Å². The highest BCUT2D eigenvalue weighted by Crippen LogP contribution is 2.44. The first-order chi connectivity index (χ1) is 13.6. The molecule has 0 bridgehead atoms. The van der Waals surface area contributed by atoms with Gasteiger partial charge in [0.25, 0.3) is 0 Å². The van der Waals surface area contributed by atoms with Crippen molar-refractivity contribution >= 4 is 5.78 Å². The van der Waals surface area contributed by atoms with Crippen LogP contribution in [0.15, 0.2) is 48.5 Å². The Morgan fingerprint density at radius 1 is 1.04 bits per heavy atom. The number of epoxide rings is 1. The smallest absolute Gasteiger partial charge is 0.202 e. The third-order valence-electron chi connectivity index (χ3n) is 4.87. The van der Waals surface area contributed by atoms with Crippen LogP contribution in [0.5, 0.6) is 11.5 Å². The van der Waals surface area contributed by atoms with Crippen molar-refractivity contribution in [1.82, 2.24) is 0 Å². The van der Waals surface area contributed by atoms with Crippen LogP contribution in [0.4, 0.5) is 0 Å². The van der Waals surface area contributed by atoms with Crippen LogP contribution in [0.25, 0.3) is 0 Å². The van der Waals surface area contributed by atoms with E-state index in [9.17, 15) is 4.79 Å². The first-order valence-electron chi connectivity index (χ1n) is 9.96. The van der Waals surface area contributed by atoms with Crippen molar-refractivity contribution in [3.63, 3.8) is 0 Å². The molecule has 0 amide bonds. The summed E-state index contributed by atoms with van der Waals surface area (Å²) in [6.07, 6.45) is 1.77. The largest absolute Gasteiger partial charge is 0.490 e. The van der Waals surface area contributed by atoms with E-state index in [-0.39, 0.29) is 24.3 Å². The van der Waals surface area contributed by atoms with Crippen molar-refractivity contribution in [1.29, 1.82) is 0 Å². The molecule has 2 aliphatic heterocycles. The molecule has 2 saturated heterocycles. The molecule has 5 nitrogen and oxygen atoms in total. The minimum absolute atomic E-state index is 0.0576. The number of hydrogen-bond donors (Lipinski definition) is 0. The van der Waals surface area contributed by atoms with Gasteiger partial charge in [-0.15, -0.1) is 0 Å². The van der Waals surface area contributed by atoms with Crippen LogP contribution in [0.3, 0.4) is 0 Å². The SMILES string of the molecule is CC(C)Oc1cccc(OC2CCCCO2)c1C(=O)[C@H]1O[C@@H]1c1ccccc1.